The van der Waals surface area contributed by atoms with Crippen LogP contribution in [0.5, 0.6) is 5.75 Å². The summed E-state index contributed by atoms with van der Waals surface area (Å²) in [4.78, 5) is 4.43. The van der Waals surface area contributed by atoms with Gasteiger partial charge >= 0.3 is 6.18 Å². The Morgan fingerprint density at radius 2 is 2.00 bits per heavy atom. The van der Waals surface area contributed by atoms with Gasteiger partial charge in [0.05, 0.1) is 18.9 Å². The molecule has 2 aliphatic rings. The SMILES string of the molecule is COc1cc(C(F)(F)F)cc(C2(N)N=CC(c3cnn(C)c3)=C(Nc3ccc4c(c3)CNCC4)N2)c1. The van der Waals surface area contributed by atoms with Crippen molar-refractivity contribution >= 4 is 17.5 Å². The molecule has 1 unspecified atom stereocenters. The minimum Gasteiger partial charge on any atom is -0.497 e. The summed E-state index contributed by atoms with van der Waals surface area (Å²) >= 11 is 0. The lowest BCUT2D eigenvalue weighted by Crippen LogP contribution is -2.51. The second kappa shape index (κ2) is 8.99. The second-order valence-corrected chi connectivity index (χ2v) is 8.82. The third-order valence-electron chi connectivity index (χ3n) is 6.27. The van der Waals surface area contributed by atoms with Crippen molar-refractivity contribution in [3.63, 3.8) is 0 Å². The van der Waals surface area contributed by atoms with Crippen LogP contribution in [-0.4, -0.2) is 29.6 Å². The molecule has 2 aliphatic heterocycles. The summed E-state index contributed by atoms with van der Waals surface area (Å²) in [5.74, 6) is -1.17. The number of aliphatic imine (C=N–C) groups is 1. The fourth-order valence-electron chi connectivity index (χ4n) is 4.35. The molecule has 0 radical (unpaired) electrons. The third kappa shape index (κ3) is 4.67. The van der Waals surface area contributed by atoms with E-state index in [0.29, 0.717) is 11.4 Å². The molecule has 5 rings (SSSR count). The topological polar surface area (TPSA) is 102 Å². The highest BCUT2D eigenvalue weighted by molar-refractivity contribution is 6.12. The highest BCUT2D eigenvalue weighted by atomic mass is 19.4. The number of nitrogens with two attached hydrogens (primary N) is 1. The van der Waals surface area contributed by atoms with Crippen molar-refractivity contribution in [2.45, 2.75) is 24.9 Å². The van der Waals surface area contributed by atoms with Crippen LogP contribution in [-0.2, 0) is 32.0 Å². The van der Waals surface area contributed by atoms with Gasteiger partial charge in [-0.25, -0.2) is 4.99 Å². The van der Waals surface area contributed by atoms with Crippen molar-refractivity contribution < 1.29 is 17.9 Å². The first-order chi connectivity index (χ1) is 17.1. The predicted octanol–water partition coefficient (Wildman–Crippen LogP) is 3.32. The number of nitrogens with zero attached hydrogens (tertiary/aromatic N) is 3. The molecule has 0 fully saturated rings. The molecule has 2 aromatic carbocycles. The van der Waals surface area contributed by atoms with E-state index in [2.05, 4.69) is 32.1 Å². The maximum absolute atomic E-state index is 13.6. The number of fused-ring (bicyclic) bond motifs is 1. The Morgan fingerprint density at radius 1 is 1.17 bits per heavy atom. The van der Waals surface area contributed by atoms with Crippen LogP contribution in [0.15, 0.2) is 59.6 Å². The molecule has 1 aromatic heterocycles. The van der Waals surface area contributed by atoms with Gasteiger partial charge in [-0.1, -0.05) is 6.07 Å². The van der Waals surface area contributed by atoms with Crippen molar-refractivity contribution in [3.05, 3.63) is 82.4 Å². The quantitative estimate of drug-likeness (QED) is 0.432. The van der Waals surface area contributed by atoms with Gasteiger partial charge in [0.1, 0.15) is 11.6 Å². The standard InChI is InChI=1S/C25H26F3N7O/c1-35-14-17(12-32-35)22-13-31-25(29,19-8-18(24(26,27)28)9-21(10-19)36-2)34-23(22)33-20-4-3-15-5-6-30-11-16(15)7-20/h3-4,7-10,12-14,30,33-34H,5-6,11,29H2,1-2H3. The molecule has 5 N–H and O–H groups in total. The number of aromatic nitrogens is 2. The predicted molar refractivity (Wildman–Crippen MR) is 131 cm³/mol. The van der Waals surface area contributed by atoms with Crippen molar-refractivity contribution in [3.8, 4) is 5.75 Å². The van der Waals surface area contributed by atoms with Crippen LogP contribution < -0.4 is 26.4 Å². The zero-order valence-electron chi connectivity index (χ0n) is 19.8. The summed E-state index contributed by atoms with van der Waals surface area (Å²) in [6.45, 7) is 1.70. The van der Waals surface area contributed by atoms with Gasteiger partial charge in [0.25, 0.3) is 0 Å². The molecule has 0 bridgehead atoms. The summed E-state index contributed by atoms with van der Waals surface area (Å²) in [6, 6.07) is 9.44. The van der Waals surface area contributed by atoms with Crippen LogP contribution in [0.4, 0.5) is 18.9 Å². The van der Waals surface area contributed by atoms with E-state index in [4.69, 9.17) is 10.5 Å². The van der Waals surface area contributed by atoms with Crippen LogP contribution in [0.2, 0.25) is 0 Å². The summed E-state index contributed by atoms with van der Waals surface area (Å²) < 4.78 is 47.5. The number of allylic oxidation sites excluding steroid dienone is 1. The van der Waals surface area contributed by atoms with E-state index in [1.807, 2.05) is 18.3 Å². The van der Waals surface area contributed by atoms with Gasteiger partial charge in [-0.05, 0) is 54.4 Å². The normalized spacial score (nSPS) is 19.6. The molecule has 1 atom stereocenters. The minimum absolute atomic E-state index is 0.0281. The lowest BCUT2D eigenvalue weighted by Gasteiger charge is -2.34. The first-order valence-electron chi connectivity index (χ1n) is 11.4. The van der Waals surface area contributed by atoms with Crippen molar-refractivity contribution in [1.29, 1.82) is 0 Å². The number of aryl methyl sites for hydroxylation is 1. The Labute approximate surface area is 206 Å². The number of anilines is 1. The van der Waals surface area contributed by atoms with Crippen molar-refractivity contribution in [2.75, 3.05) is 19.0 Å². The number of benzene rings is 2. The molecule has 0 aliphatic carbocycles. The van der Waals surface area contributed by atoms with Crippen LogP contribution >= 0.6 is 0 Å². The first-order valence-corrected chi connectivity index (χ1v) is 11.4. The molecule has 188 valence electrons. The summed E-state index contributed by atoms with van der Waals surface area (Å²) in [6.07, 6.45) is 1.42. The number of ether oxygens (including phenoxy) is 1. The average molecular weight is 498 g/mol. The van der Waals surface area contributed by atoms with Gasteiger partial charge in [0, 0.05) is 48.4 Å². The van der Waals surface area contributed by atoms with Gasteiger partial charge in [0.15, 0.2) is 0 Å². The molecule has 11 heteroatoms. The molecule has 3 heterocycles. The number of nitrogens with one attached hydrogen (secondary N) is 3. The molecule has 0 saturated heterocycles. The molecule has 0 amide bonds. The number of halogens is 3. The molecule has 0 spiro atoms. The van der Waals surface area contributed by atoms with E-state index in [0.717, 1.165) is 42.9 Å². The monoisotopic (exact) mass is 497 g/mol. The smallest absolute Gasteiger partial charge is 0.416 e. The van der Waals surface area contributed by atoms with Crippen LogP contribution in [0.3, 0.4) is 0 Å². The van der Waals surface area contributed by atoms with Gasteiger partial charge in [-0.15, -0.1) is 0 Å². The molecule has 3 aromatic rings. The molecule has 0 saturated carbocycles. The fourth-order valence-corrected chi connectivity index (χ4v) is 4.35. The summed E-state index contributed by atoms with van der Waals surface area (Å²) in [5.41, 5.74) is 10.5. The lowest BCUT2D eigenvalue weighted by atomic mass is 10.00. The van der Waals surface area contributed by atoms with Crippen LogP contribution in [0.25, 0.3) is 5.57 Å². The number of hydrogen-bond donors (Lipinski definition) is 4. The Hall–Kier alpha value is -3.83. The van der Waals surface area contributed by atoms with E-state index in [1.54, 1.807) is 24.1 Å². The number of methoxy groups -OCH3 is 1. The maximum Gasteiger partial charge on any atom is 0.416 e. The van der Waals surface area contributed by atoms with Crippen LogP contribution in [0, 0.1) is 0 Å². The highest BCUT2D eigenvalue weighted by Crippen LogP contribution is 2.36. The van der Waals surface area contributed by atoms with Crippen LogP contribution in [0.1, 0.15) is 27.8 Å². The number of alkyl halides is 3. The van der Waals surface area contributed by atoms with Crippen molar-refractivity contribution in [2.24, 2.45) is 17.8 Å². The summed E-state index contributed by atoms with van der Waals surface area (Å²) in [5, 5.41) is 14.1. The largest absolute Gasteiger partial charge is 0.497 e. The van der Waals surface area contributed by atoms with Gasteiger partial charge in [0.2, 0.25) is 5.79 Å². The molecular formula is C25H26F3N7O. The van der Waals surface area contributed by atoms with Gasteiger partial charge < -0.3 is 20.7 Å². The van der Waals surface area contributed by atoms with E-state index >= 15 is 0 Å². The fraction of sp³-hybridized carbons (Fsp3) is 0.280. The van der Waals surface area contributed by atoms with E-state index < -0.39 is 17.5 Å². The zero-order chi connectivity index (χ0) is 25.5. The third-order valence-corrected chi connectivity index (χ3v) is 6.27. The van der Waals surface area contributed by atoms with E-state index in [-0.39, 0.29) is 11.3 Å². The number of rotatable bonds is 5. The molecule has 36 heavy (non-hydrogen) atoms. The second-order valence-electron chi connectivity index (χ2n) is 8.82. The minimum atomic E-state index is -4.58. The van der Waals surface area contributed by atoms with Gasteiger partial charge in [-0.3, -0.25) is 10.4 Å². The van der Waals surface area contributed by atoms with Crippen molar-refractivity contribution in [1.82, 2.24) is 20.4 Å². The molecule has 8 nitrogen and oxygen atoms in total. The average Bonchev–Trinajstić information content (AvgIpc) is 3.29. The highest BCUT2D eigenvalue weighted by Gasteiger charge is 2.37. The molecular weight excluding hydrogens is 471 g/mol. The Kier molecular flexibility index (Phi) is 5.97. The zero-order valence-corrected chi connectivity index (χ0v) is 19.8. The Balaban J connectivity index is 1.55. The Morgan fingerprint density at radius 3 is 2.72 bits per heavy atom. The lowest BCUT2D eigenvalue weighted by molar-refractivity contribution is -0.137. The van der Waals surface area contributed by atoms with E-state index in [1.165, 1.54) is 24.3 Å². The summed E-state index contributed by atoms with van der Waals surface area (Å²) in [7, 11) is 3.10. The maximum atomic E-state index is 13.6. The number of hydrogen-bond acceptors (Lipinski definition) is 7. The first kappa shape index (κ1) is 23.9. The Bertz CT molecular complexity index is 1360. The van der Waals surface area contributed by atoms with Gasteiger partial charge in [-0.2, -0.15) is 18.3 Å². The van der Waals surface area contributed by atoms with E-state index in [9.17, 15) is 13.2 Å².